The monoisotopic (exact) mass is 313 g/mol. The molecule has 4 heteroatoms. The normalized spacial score (nSPS) is 29.4. The molecule has 0 radical (unpaired) electrons. The summed E-state index contributed by atoms with van der Waals surface area (Å²) < 4.78 is 11.2. The van der Waals surface area contributed by atoms with Crippen molar-refractivity contribution in [2.24, 2.45) is 5.41 Å². The number of rotatable bonds is 2. The second-order valence-corrected chi connectivity index (χ2v) is 6.97. The van der Waals surface area contributed by atoms with E-state index >= 15 is 0 Å². The van der Waals surface area contributed by atoms with Crippen LogP contribution >= 0.6 is 0 Å². The van der Waals surface area contributed by atoms with Gasteiger partial charge in [-0.25, -0.2) is 0 Å². The molecule has 0 unspecified atom stereocenters. The zero-order valence-electron chi connectivity index (χ0n) is 14.0. The van der Waals surface area contributed by atoms with E-state index in [1.807, 2.05) is 12.1 Å². The van der Waals surface area contributed by atoms with Crippen molar-refractivity contribution in [3.05, 3.63) is 29.3 Å². The van der Waals surface area contributed by atoms with Gasteiger partial charge in [-0.1, -0.05) is 6.07 Å². The SMILES string of the molecule is COc1ccc2c(c1OC)C1=CC(=O)CC[C@@]13CCN(C)[C@@H]3C2. The van der Waals surface area contributed by atoms with Gasteiger partial charge in [0.05, 0.1) is 14.2 Å². The predicted octanol–water partition coefficient (Wildman–Crippen LogP) is 2.70. The van der Waals surface area contributed by atoms with Gasteiger partial charge < -0.3 is 14.4 Å². The average Bonchev–Trinajstić information content (AvgIpc) is 2.89. The van der Waals surface area contributed by atoms with Crippen LogP contribution in [0.4, 0.5) is 0 Å². The molecule has 0 bridgehead atoms. The number of hydrogen-bond donors (Lipinski definition) is 0. The molecular weight excluding hydrogens is 290 g/mol. The Balaban J connectivity index is 1.99. The van der Waals surface area contributed by atoms with E-state index in [2.05, 4.69) is 18.0 Å². The highest BCUT2D eigenvalue weighted by atomic mass is 16.5. The third kappa shape index (κ3) is 1.91. The Morgan fingerprint density at radius 2 is 2.04 bits per heavy atom. The van der Waals surface area contributed by atoms with Crippen LogP contribution in [-0.2, 0) is 11.2 Å². The summed E-state index contributed by atoms with van der Waals surface area (Å²) in [4.78, 5) is 14.6. The second kappa shape index (κ2) is 5.10. The van der Waals surface area contributed by atoms with Gasteiger partial charge in [-0.05, 0) is 56.1 Å². The van der Waals surface area contributed by atoms with Crippen molar-refractivity contribution in [2.75, 3.05) is 27.8 Å². The summed E-state index contributed by atoms with van der Waals surface area (Å²) in [7, 11) is 5.55. The number of hydrogen-bond acceptors (Lipinski definition) is 4. The van der Waals surface area contributed by atoms with Crippen LogP contribution < -0.4 is 9.47 Å². The van der Waals surface area contributed by atoms with Gasteiger partial charge in [0.25, 0.3) is 0 Å². The van der Waals surface area contributed by atoms with E-state index in [1.54, 1.807) is 14.2 Å². The molecule has 2 aliphatic carbocycles. The molecule has 3 aliphatic rings. The van der Waals surface area contributed by atoms with Crippen molar-refractivity contribution >= 4 is 11.4 Å². The van der Waals surface area contributed by atoms with Gasteiger partial charge in [0, 0.05) is 23.4 Å². The summed E-state index contributed by atoms with van der Waals surface area (Å²) in [5.74, 6) is 1.75. The maximum Gasteiger partial charge on any atom is 0.168 e. The van der Waals surface area contributed by atoms with Crippen LogP contribution in [0, 0.1) is 5.41 Å². The lowest BCUT2D eigenvalue weighted by atomic mass is 9.60. The van der Waals surface area contributed by atoms with E-state index in [4.69, 9.17) is 9.47 Å². The van der Waals surface area contributed by atoms with E-state index < -0.39 is 0 Å². The number of fused-ring (bicyclic) bond motifs is 2. The van der Waals surface area contributed by atoms with E-state index in [-0.39, 0.29) is 11.2 Å². The number of carbonyl (C=O) groups is 1. The minimum absolute atomic E-state index is 0.0926. The number of likely N-dealkylation sites (tertiary alicyclic amines) is 1. The highest BCUT2D eigenvalue weighted by molar-refractivity contribution is 6.02. The van der Waals surface area contributed by atoms with E-state index in [0.29, 0.717) is 12.5 Å². The number of nitrogens with zero attached hydrogens (tertiary/aromatic N) is 1. The lowest BCUT2D eigenvalue weighted by Crippen LogP contribution is -2.45. The molecule has 1 aromatic carbocycles. The van der Waals surface area contributed by atoms with Crippen molar-refractivity contribution in [2.45, 2.75) is 31.7 Å². The first-order valence-electron chi connectivity index (χ1n) is 8.30. The first-order valence-corrected chi connectivity index (χ1v) is 8.30. The number of benzene rings is 1. The molecule has 1 saturated heterocycles. The van der Waals surface area contributed by atoms with Crippen molar-refractivity contribution in [3.8, 4) is 11.5 Å². The topological polar surface area (TPSA) is 38.8 Å². The lowest BCUT2D eigenvalue weighted by molar-refractivity contribution is -0.115. The van der Waals surface area contributed by atoms with Crippen molar-refractivity contribution in [1.29, 1.82) is 0 Å². The van der Waals surface area contributed by atoms with E-state index in [9.17, 15) is 4.79 Å². The van der Waals surface area contributed by atoms with Gasteiger partial charge in [0.2, 0.25) is 0 Å². The molecule has 0 aromatic heterocycles. The van der Waals surface area contributed by atoms with Crippen LogP contribution in [0.5, 0.6) is 11.5 Å². The molecule has 0 saturated carbocycles. The third-order valence-electron chi connectivity index (χ3n) is 6.05. The first-order chi connectivity index (χ1) is 11.1. The molecule has 1 spiro atoms. The third-order valence-corrected chi connectivity index (χ3v) is 6.05. The molecule has 0 N–H and O–H groups in total. The summed E-state index contributed by atoms with van der Waals surface area (Å²) in [6.07, 6.45) is 5.63. The van der Waals surface area contributed by atoms with Gasteiger partial charge in [-0.3, -0.25) is 4.79 Å². The van der Waals surface area contributed by atoms with Crippen LogP contribution in [0.25, 0.3) is 5.57 Å². The predicted molar refractivity (Wildman–Crippen MR) is 88.9 cm³/mol. The smallest absolute Gasteiger partial charge is 0.168 e. The summed E-state index contributed by atoms with van der Waals surface area (Å²) in [5.41, 5.74) is 3.64. The number of allylic oxidation sites excluding steroid dienone is 1. The maximum atomic E-state index is 12.2. The Kier molecular flexibility index (Phi) is 3.27. The second-order valence-electron chi connectivity index (χ2n) is 6.97. The Morgan fingerprint density at radius 3 is 2.78 bits per heavy atom. The van der Waals surface area contributed by atoms with Crippen molar-refractivity contribution in [1.82, 2.24) is 4.90 Å². The molecule has 4 rings (SSSR count). The number of methoxy groups -OCH3 is 2. The van der Waals surface area contributed by atoms with Crippen LogP contribution in [-0.4, -0.2) is 44.5 Å². The Hall–Kier alpha value is -1.81. The van der Waals surface area contributed by atoms with Gasteiger partial charge in [0.1, 0.15) is 0 Å². The minimum Gasteiger partial charge on any atom is -0.493 e. The minimum atomic E-state index is 0.0926. The highest BCUT2D eigenvalue weighted by Crippen LogP contribution is 2.59. The van der Waals surface area contributed by atoms with Gasteiger partial charge in [-0.15, -0.1) is 0 Å². The van der Waals surface area contributed by atoms with E-state index in [0.717, 1.165) is 42.9 Å². The summed E-state index contributed by atoms with van der Waals surface area (Å²) in [6.45, 7) is 1.09. The molecule has 1 aromatic rings. The van der Waals surface area contributed by atoms with Crippen molar-refractivity contribution in [3.63, 3.8) is 0 Å². The fourth-order valence-corrected chi connectivity index (χ4v) is 4.90. The Labute approximate surface area is 137 Å². The molecule has 1 heterocycles. The number of carbonyl (C=O) groups excluding carboxylic acids is 1. The summed E-state index contributed by atoms with van der Waals surface area (Å²) in [5, 5.41) is 0. The Bertz CT molecular complexity index is 709. The standard InChI is InChI=1S/C19H23NO3/c1-20-9-8-19-7-6-13(21)11-14(19)17-12(10-16(19)20)4-5-15(22-2)18(17)23-3/h4-5,11,16H,6-10H2,1-3H3/t16-,19-/m1/s1. The average molecular weight is 313 g/mol. The first kappa shape index (κ1) is 14.8. The molecular formula is C19H23NO3. The molecule has 4 nitrogen and oxygen atoms in total. The lowest BCUT2D eigenvalue weighted by Gasteiger charge is -2.46. The van der Waals surface area contributed by atoms with Crippen LogP contribution in [0.1, 0.15) is 30.4 Å². The fourth-order valence-electron chi connectivity index (χ4n) is 4.90. The molecule has 2 atom stereocenters. The van der Waals surface area contributed by atoms with Gasteiger partial charge in [0.15, 0.2) is 17.3 Å². The molecule has 0 amide bonds. The van der Waals surface area contributed by atoms with Gasteiger partial charge >= 0.3 is 0 Å². The van der Waals surface area contributed by atoms with E-state index in [1.165, 1.54) is 11.1 Å². The largest absolute Gasteiger partial charge is 0.493 e. The molecule has 122 valence electrons. The molecule has 1 aliphatic heterocycles. The van der Waals surface area contributed by atoms with Crippen LogP contribution in [0.2, 0.25) is 0 Å². The number of ketones is 1. The van der Waals surface area contributed by atoms with Crippen molar-refractivity contribution < 1.29 is 14.3 Å². The highest BCUT2D eigenvalue weighted by Gasteiger charge is 2.53. The molecule has 23 heavy (non-hydrogen) atoms. The number of likely N-dealkylation sites (N-methyl/N-ethyl adjacent to an activating group) is 1. The quantitative estimate of drug-likeness (QED) is 0.841. The zero-order chi connectivity index (χ0) is 16.2. The molecule has 1 fully saturated rings. The van der Waals surface area contributed by atoms with Crippen LogP contribution in [0.3, 0.4) is 0 Å². The maximum absolute atomic E-state index is 12.2. The summed E-state index contributed by atoms with van der Waals surface area (Å²) >= 11 is 0. The van der Waals surface area contributed by atoms with Crippen LogP contribution in [0.15, 0.2) is 18.2 Å². The summed E-state index contributed by atoms with van der Waals surface area (Å²) in [6, 6.07) is 4.59. The Morgan fingerprint density at radius 1 is 1.22 bits per heavy atom. The van der Waals surface area contributed by atoms with Gasteiger partial charge in [-0.2, -0.15) is 0 Å². The zero-order valence-corrected chi connectivity index (χ0v) is 14.0. The fraction of sp³-hybridized carbons (Fsp3) is 0.526. The number of ether oxygens (including phenoxy) is 2.